The molecule has 1 aromatic heterocycles. The van der Waals surface area contributed by atoms with Crippen molar-refractivity contribution < 1.29 is 18.3 Å². The first-order valence-corrected chi connectivity index (χ1v) is 7.78. The van der Waals surface area contributed by atoms with Crippen LogP contribution >= 0.6 is 11.3 Å². The minimum absolute atomic E-state index is 0.160. The average molecular weight is 290 g/mol. The number of thiazole rings is 1. The minimum Gasteiger partial charge on any atom is -0.480 e. The van der Waals surface area contributed by atoms with Crippen LogP contribution in [0.3, 0.4) is 0 Å². The lowest BCUT2D eigenvalue weighted by atomic mass is 10.2. The van der Waals surface area contributed by atoms with Gasteiger partial charge in [-0.1, -0.05) is 0 Å². The van der Waals surface area contributed by atoms with Crippen LogP contribution in [-0.4, -0.2) is 41.4 Å². The predicted octanol–water partition coefficient (Wildman–Crippen LogP) is 0.998. The lowest BCUT2D eigenvalue weighted by molar-refractivity contribution is -0.140. The fourth-order valence-electron chi connectivity index (χ4n) is 2.13. The highest BCUT2D eigenvalue weighted by atomic mass is 32.2. The van der Waals surface area contributed by atoms with Gasteiger partial charge >= 0.3 is 5.97 Å². The van der Waals surface area contributed by atoms with Gasteiger partial charge in [-0.05, 0) is 26.7 Å². The van der Waals surface area contributed by atoms with Crippen LogP contribution < -0.4 is 0 Å². The summed E-state index contributed by atoms with van der Waals surface area (Å²) in [4.78, 5) is 15.1. The Bertz CT molecular complexity index is 579. The molecule has 18 heavy (non-hydrogen) atoms. The molecule has 0 amide bonds. The Labute approximate surface area is 109 Å². The van der Waals surface area contributed by atoms with Gasteiger partial charge in [0.2, 0.25) is 0 Å². The van der Waals surface area contributed by atoms with Gasteiger partial charge in [0.15, 0.2) is 4.21 Å². The standard InChI is InChI=1S/C10H14N2O4S2/c1-6-10(17-7(2)11-6)18(15,16)12-5-3-4-8(12)9(13)14/h8H,3-5H2,1-2H3,(H,13,14). The summed E-state index contributed by atoms with van der Waals surface area (Å²) in [6.45, 7) is 3.62. The van der Waals surface area contributed by atoms with E-state index in [1.54, 1.807) is 13.8 Å². The quantitative estimate of drug-likeness (QED) is 0.897. The molecule has 0 aromatic carbocycles. The molecule has 1 saturated heterocycles. The molecule has 6 nitrogen and oxygen atoms in total. The van der Waals surface area contributed by atoms with E-state index in [-0.39, 0.29) is 10.8 Å². The molecule has 1 atom stereocenters. The van der Waals surface area contributed by atoms with Gasteiger partial charge in [0.05, 0.1) is 10.7 Å². The van der Waals surface area contributed by atoms with E-state index in [9.17, 15) is 13.2 Å². The summed E-state index contributed by atoms with van der Waals surface area (Å²) in [6.07, 6.45) is 0.943. The summed E-state index contributed by atoms with van der Waals surface area (Å²) >= 11 is 1.09. The molecule has 0 bridgehead atoms. The highest BCUT2D eigenvalue weighted by molar-refractivity contribution is 7.91. The fraction of sp³-hybridized carbons (Fsp3) is 0.600. The third-order valence-electron chi connectivity index (χ3n) is 2.89. The number of aromatic nitrogens is 1. The van der Waals surface area contributed by atoms with Crippen molar-refractivity contribution in [2.24, 2.45) is 0 Å². The Morgan fingerprint density at radius 3 is 2.67 bits per heavy atom. The van der Waals surface area contributed by atoms with Gasteiger partial charge in [-0.15, -0.1) is 11.3 Å². The summed E-state index contributed by atoms with van der Waals surface area (Å²) in [6, 6.07) is -0.947. The van der Waals surface area contributed by atoms with E-state index >= 15 is 0 Å². The molecule has 2 rings (SSSR count). The number of hydrogen-bond acceptors (Lipinski definition) is 5. The molecular weight excluding hydrogens is 276 g/mol. The van der Waals surface area contributed by atoms with Crippen LogP contribution in [-0.2, 0) is 14.8 Å². The first kappa shape index (κ1) is 13.4. The van der Waals surface area contributed by atoms with Gasteiger partial charge in [0.25, 0.3) is 10.0 Å². The number of sulfonamides is 1. The zero-order valence-electron chi connectivity index (χ0n) is 10.1. The van der Waals surface area contributed by atoms with E-state index in [1.807, 2.05) is 0 Å². The molecule has 0 saturated carbocycles. The monoisotopic (exact) mass is 290 g/mol. The summed E-state index contributed by atoms with van der Waals surface area (Å²) in [5.41, 5.74) is 0.438. The largest absolute Gasteiger partial charge is 0.480 e. The maximum Gasteiger partial charge on any atom is 0.322 e. The number of carboxylic acid groups (broad SMARTS) is 1. The van der Waals surface area contributed by atoms with Crippen molar-refractivity contribution in [1.29, 1.82) is 0 Å². The third-order valence-corrected chi connectivity index (χ3v) is 6.46. The Kier molecular flexibility index (Phi) is 3.43. The lowest BCUT2D eigenvalue weighted by Gasteiger charge is -2.20. The Morgan fingerprint density at radius 1 is 1.50 bits per heavy atom. The second-order valence-electron chi connectivity index (χ2n) is 4.22. The Hall–Kier alpha value is -0.990. The van der Waals surface area contributed by atoms with Crippen molar-refractivity contribution in [3.8, 4) is 0 Å². The molecule has 1 aliphatic heterocycles. The summed E-state index contributed by atoms with van der Waals surface area (Å²) in [5, 5.41) is 9.71. The molecule has 1 unspecified atom stereocenters. The number of rotatable bonds is 3. The summed E-state index contributed by atoms with van der Waals surface area (Å²) in [5.74, 6) is -1.09. The number of carbonyl (C=O) groups is 1. The van der Waals surface area contributed by atoms with Gasteiger partial charge in [0.1, 0.15) is 6.04 Å². The summed E-state index contributed by atoms with van der Waals surface area (Å²) in [7, 11) is -3.73. The van der Waals surface area contributed by atoms with Crippen LogP contribution in [0.25, 0.3) is 0 Å². The fourth-order valence-corrected chi connectivity index (χ4v) is 5.38. The van der Waals surface area contributed by atoms with Crippen LogP contribution in [0, 0.1) is 13.8 Å². The maximum atomic E-state index is 12.4. The van der Waals surface area contributed by atoms with Gasteiger partial charge in [-0.3, -0.25) is 4.79 Å². The van der Waals surface area contributed by atoms with Crippen LogP contribution in [0.4, 0.5) is 0 Å². The number of nitrogens with zero attached hydrogens (tertiary/aromatic N) is 2. The zero-order chi connectivity index (χ0) is 13.5. The van der Waals surface area contributed by atoms with Crippen LogP contribution in [0.5, 0.6) is 0 Å². The SMILES string of the molecule is Cc1nc(C)c(S(=O)(=O)N2CCCC2C(=O)O)s1. The van der Waals surface area contributed by atoms with Gasteiger partial charge < -0.3 is 5.11 Å². The lowest BCUT2D eigenvalue weighted by Crippen LogP contribution is -2.40. The van der Waals surface area contributed by atoms with Crippen molar-refractivity contribution in [2.45, 2.75) is 36.9 Å². The van der Waals surface area contributed by atoms with Gasteiger partial charge in [-0.25, -0.2) is 13.4 Å². The van der Waals surface area contributed by atoms with Gasteiger partial charge in [-0.2, -0.15) is 4.31 Å². The number of carboxylic acids is 1. The van der Waals surface area contributed by atoms with Crippen LogP contribution in [0.2, 0.25) is 0 Å². The van der Waals surface area contributed by atoms with E-state index < -0.39 is 22.0 Å². The van der Waals surface area contributed by atoms with Crippen molar-refractivity contribution in [2.75, 3.05) is 6.54 Å². The molecule has 2 heterocycles. The van der Waals surface area contributed by atoms with E-state index in [2.05, 4.69) is 4.98 Å². The molecule has 0 aliphatic carbocycles. The number of aliphatic carboxylic acids is 1. The molecule has 1 N–H and O–H groups in total. The van der Waals surface area contributed by atoms with Crippen LogP contribution in [0.15, 0.2) is 4.21 Å². The highest BCUT2D eigenvalue weighted by Gasteiger charge is 2.40. The zero-order valence-corrected chi connectivity index (χ0v) is 11.7. The topological polar surface area (TPSA) is 87.6 Å². The third kappa shape index (κ3) is 2.15. The number of aryl methyl sites for hydroxylation is 2. The molecule has 8 heteroatoms. The van der Waals surface area contributed by atoms with Crippen molar-refractivity contribution in [3.63, 3.8) is 0 Å². The van der Waals surface area contributed by atoms with E-state index in [4.69, 9.17) is 5.11 Å². The van der Waals surface area contributed by atoms with Crippen LogP contribution in [0.1, 0.15) is 23.5 Å². The molecule has 0 radical (unpaired) electrons. The normalized spacial score (nSPS) is 21.3. The Balaban J connectivity index is 2.43. The van der Waals surface area contributed by atoms with Gasteiger partial charge in [0, 0.05) is 6.54 Å². The second-order valence-corrected chi connectivity index (χ2v) is 7.51. The minimum atomic E-state index is -3.73. The molecule has 1 aliphatic rings. The summed E-state index contributed by atoms with van der Waals surface area (Å²) < 4.78 is 26.1. The van der Waals surface area contributed by atoms with Crippen molar-refractivity contribution >= 4 is 27.3 Å². The van der Waals surface area contributed by atoms with Crippen molar-refractivity contribution in [3.05, 3.63) is 10.7 Å². The van der Waals surface area contributed by atoms with Crippen molar-refractivity contribution in [1.82, 2.24) is 9.29 Å². The molecule has 1 fully saturated rings. The van der Waals surface area contributed by atoms with E-state index in [1.165, 1.54) is 0 Å². The number of hydrogen-bond donors (Lipinski definition) is 1. The van der Waals surface area contributed by atoms with E-state index in [0.717, 1.165) is 15.6 Å². The Morgan fingerprint density at radius 2 is 2.17 bits per heavy atom. The molecule has 1 aromatic rings. The highest BCUT2D eigenvalue weighted by Crippen LogP contribution is 2.31. The first-order valence-electron chi connectivity index (χ1n) is 5.52. The molecule has 100 valence electrons. The smallest absolute Gasteiger partial charge is 0.322 e. The molecular formula is C10H14N2O4S2. The second kappa shape index (κ2) is 4.60. The predicted molar refractivity (Wildman–Crippen MR) is 66.1 cm³/mol. The average Bonchev–Trinajstić information content (AvgIpc) is 2.84. The molecule has 0 spiro atoms. The van der Waals surface area contributed by atoms with E-state index in [0.29, 0.717) is 23.5 Å². The maximum absolute atomic E-state index is 12.4. The first-order chi connectivity index (χ1) is 8.34.